The monoisotopic (exact) mass is 291 g/mol. The van der Waals surface area contributed by atoms with E-state index in [9.17, 15) is 4.79 Å². The fraction of sp³-hybridized carbons (Fsp3) is 0.824. The lowest BCUT2D eigenvalue weighted by Crippen LogP contribution is -2.28. The largest absolute Gasteiger partial charge is 0.393 e. The highest BCUT2D eigenvalue weighted by Gasteiger charge is 2.29. The molecule has 0 saturated heterocycles. The molecule has 1 aromatic heterocycles. The highest BCUT2D eigenvalue weighted by atomic mass is 16.1. The lowest BCUT2D eigenvalue weighted by atomic mass is 10.0. The van der Waals surface area contributed by atoms with E-state index in [1.807, 2.05) is 4.68 Å². The van der Waals surface area contributed by atoms with E-state index < -0.39 is 0 Å². The Labute approximate surface area is 127 Å². The van der Waals surface area contributed by atoms with Crippen LogP contribution in [0.3, 0.4) is 0 Å². The average Bonchev–Trinajstić information content (AvgIpc) is 2.99. The van der Waals surface area contributed by atoms with Crippen molar-refractivity contribution in [3.8, 4) is 0 Å². The number of aromatic nitrogens is 2. The number of rotatable bonds is 3. The molecule has 2 saturated carbocycles. The summed E-state index contributed by atoms with van der Waals surface area (Å²) < 4.78 is 4.25. The van der Waals surface area contributed by atoms with Gasteiger partial charge in [-0.3, -0.25) is 9.48 Å². The van der Waals surface area contributed by atoms with Crippen LogP contribution in [0.1, 0.15) is 88.8 Å². The summed E-state index contributed by atoms with van der Waals surface area (Å²) in [5, 5.41) is 0. The molecule has 0 unspecified atom stereocenters. The molecule has 4 heteroatoms. The molecule has 2 aliphatic rings. The third-order valence-electron chi connectivity index (χ3n) is 5.46. The summed E-state index contributed by atoms with van der Waals surface area (Å²) in [6.07, 6.45) is 12.3. The van der Waals surface area contributed by atoms with Crippen LogP contribution in [-0.2, 0) is 6.54 Å². The van der Waals surface area contributed by atoms with Crippen LogP contribution in [0.5, 0.6) is 0 Å². The first-order valence-electron chi connectivity index (χ1n) is 8.84. The van der Waals surface area contributed by atoms with Gasteiger partial charge in [-0.25, -0.2) is 4.68 Å². The first-order valence-corrected chi connectivity index (χ1v) is 8.84. The summed E-state index contributed by atoms with van der Waals surface area (Å²) in [6, 6.07) is 0.359. The third-order valence-corrected chi connectivity index (χ3v) is 5.46. The number of nitrogen functional groups attached to an aromatic ring is 1. The summed E-state index contributed by atoms with van der Waals surface area (Å²) >= 11 is 0. The molecule has 3 rings (SSSR count). The highest BCUT2D eigenvalue weighted by molar-refractivity contribution is 5.44. The van der Waals surface area contributed by atoms with Crippen LogP contribution in [0.15, 0.2) is 4.79 Å². The number of nitrogens with two attached hydrogens (primary N) is 1. The summed E-state index contributed by atoms with van der Waals surface area (Å²) in [7, 11) is 0. The lowest BCUT2D eigenvalue weighted by Gasteiger charge is -2.22. The maximum atomic E-state index is 12.8. The summed E-state index contributed by atoms with van der Waals surface area (Å²) in [5.74, 6) is 0.504. The molecule has 0 amide bonds. The summed E-state index contributed by atoms with van der Waals surface area (Å²) in [5.41, 5.74) is 8.00. The van der Waals surface area contributed by atoms with Crippen molar-refractivity contribution in [1.82, 2.24) is 9.36 Å². The molecule has 0 bridgehead atoms. The van der Waals surface area contributed by atoms with Crippen molar-refractivity contribution in [2.75, 3.05) is 5.73 Å². The van der Waals surface area contributed by atoms with Crippen LogP contribution in [0, 0.1) is 0 Å². The van der Waals surface area contributed by atoms with E-state index in [-0.39, 0.29) is 5.56 Å². The first-order chi connectivity index (χ1) is 10.2. The molecule has 4 nitrogen and oxygen atoms in total. The molecule has 21 heavy (non-hydrogen) atoms. The standard InChI is InChI=1S/C17H29N3O/c1-2-19-16(13-9-7-8-10-13)15(18)17(21)20(19)14-11-5-3-4-6-12-14/h13-14H,2-12,18H2,1H3. The molecule has 0 aromatic carbocycles. The van der Waals surface area contributed by atoms with Gasteiger partial charge in [0.1, 0.15) is 5.69 Å². The van der Waals surface area contributed by atoms with Crippen molar-refractivity contribution < 1.29 is 0 Å². The van der Waals surface area contributed by atoms with Crippen molar-refractivity contribution >= 4 is 5.69 Å². The topological polar surface area (TPSA) is 52.9 Å². The Morgan fingerprint density at radius 2 is 1.57 bits per heavy atom. The van der Waals surface area contributed by atoms with E-state index in [2.05, 4.69) is 11.6 Å². The van der Waals surface area contributed by atoms with Crippen LogP contribution >= 0.6 is 0 Å². The molecule has 1 aromatic rings. The molecule has 2 aliphatic carbocycles. The first kappa shape index (κ1) is 14.7. The Hall–Kier alpha value is -1.19. The number of anilines is 1. The fourth-order valence-electron chi connectivity index (χ4n) is 4.42. The van der Waals surface area contributed by atoms with Gasteiger partial charge in [-0.05, 0) is 32.6 Å². The average molecular weight is 291 g/mol. The van der Waals surface area contributed by atoms with E-state index in [1.165, 1.54) is 51.4 Å². The summed E-state index contributed by atoms with van der Waals surface area (Å²) in [4.78, 5) is 12.8. The Balaban J connectivity index is 2.02. The van der Waals surface area contributed by atoms with Crippen molar-refractivity contribution in [3.63, 3.8) is 0 Å². The quantitative estimate of drug-likeness (QED) is 0.861. The number of hydrogen-bond acceptors (Lipinski definition) is 2. The SMILES string of the molecule is CCn1c(C2CCCC2)c(N)c(=O)n1C1CCCCCC1. The Morgan fingerprint density at radius 1 is 1.00 bits per heavy atom. The maximum Gasteiger partial charge on any atom is 0.290 e. The van der Waals surface area contributed by atoms with Gasteiger partial charge in [0, 0.05) is 12.5 Å². The molecule has 2 fully saturated rings. The van der Waals surface area contributed by atoms with Crippen molar-refractivity contribution in [1.29, 1.82) is 0 Å². The van der Waals surface area contributed by atoms with Crippen molar-refractivity contribution in [2.24, 2.45) is 0 Å². The van der Waals surface area contributed by atoms with Gasteiger partial charge in [-0.2, -0.15) is 0 Å². The second kappa shape index (κ2) is 6.29. The molecule has 0 radical (unpaired) electrons. The van der Waals surface area contributed by atoms with Gasteiger partial charge >= 0.3 is 0 Å². The minimum Gasteiger partial charge on any atom is -0.393 e. The van der Waals surface area contributed by atoms with Crippen LogP contribution in [0.25, 0.3) is 0 Å². The van der Waals surface area contributed by atoms with Crippen LogP contribution in [-0.4, -0.2) is 9.36 Å². The third kappa shape index (κ3) is 2.65. The molecule has 0 aliphatic heterocycles. The molecule has 0 spiro atoms. The van der Waals surface area contributed by atoms with Crippen molar-refractivity contribution in [3.05, 3.63) is 16.0 Å². The zero-order valence-electron chi connectivity index (χ0n) is 13.3. The maximum absolute atomic E-state index is 12.8. The van der Waals surface area contributed by atoms with Gasteiger partial charge < -0.3 is 5.73 Å². The number of hydrogen-bond donors (Lipinski definition) is 1. The highest BCUT2D eigenvalue weighted by Crippen LogP contribution is 2.37. The lowest BCUT2D eigenvalue weighted by molar-refractivity contribution is 0.326. The van der Waals surface area contributed by atoms with Crippen molar-refractivity contribution in [2.45, 2.75) is 89.6 Å². The molecule has 2 N–H and O–H groups in total. The van der Waals surface area contributed by atoms with Gasteiger partial charge in [-0.1, -0.05) is 38.5 Å². The van der Waals surface area contributed by atoms with E-state index in [1.54, 1.807) is 0 Å². The van der Waals surface area contributed by atoms with Crippen LogP contribution < -0.4 is 11.3 Å². The van der Waals surface area contributed by atoms with Gasteiger partial charge in [0.25, 0.3) is 5.56 Å². The molecular weight excluding hydrogens is 262 g/mol. The van der Waals surface area contributed by atoms with Gasteiger partial charge in [0.05, 0.1) is 11.7 Å². The predicted octanol–water partition coefficient (Wildman–Crippen LogP) is 3.80. The Kier molecular flexibility index (Phi) is 4.41. The molecule has 1 heterocycles. The van der Waals surface area contributed by atoms with E-state index >= 15 is 0 Å². The minimum atomic E-state index is 0.0747. The van der Waals surface area contributed by atoms with E-state index in [0.29, 0.717) is 17.6 Å². The smallest absolute Gasteiger partial charge is 0.290 e. The minimum absolute atomic E-state index is 0.0747. The Morgan fingerprint density at radius 3 is 2.14 bits per heavy atom. The van der Waals surface area contributed by atoms with Gasteiger partial charge in [0.15, 0.2) is 0 Å². The van der Waals surface area contributed by atoms with Gasteiger partial charge in [0.2, 0.25) is 0 Å². The van der Waals surface area contributed by atoms with Crippen LogP contribution in [0.4, 0.5) is 5.69 Å². The molecule has 0 atom stereocenters. The zero-order chi connectivity index (χ0) is 14.8. The summed E-state index contributed by atoms with van der Waals surface area (Å²) in [6.45, 7) is 3.00. The zero-order valence-corrected chi connectivity index (χ0v) is 13.3. The Bertz CT molecular complexity index is 529. The van der Waals surface area contributed by atoms with Gasteiger partial charge in [-0.15, -0.1) is 0 Å². The van der Waals surface area contributed by atoms with Crippen LogP contribution in [0.2, 0.25) is 0 Å². The predicted molar refractivity (Wildman–Crippen MR) is 86.7 cm³/mol. The molecular formula is C17H29N3O. The fourth-order valence-corrected chi connectivity index (χ4v) is 4.42. The van der Waals surface area contributed by atoms with E-state index in [0.717, 1.165) is 25.1 Å². The van der Waals surface area contributed by atoms with E-state index in [4.69, 9.17) is 5.73 Å². The molecule has 118 valence electrons. The second-order valence-electron chi connectivity index (χ2n) is 6.79. The second-order valence-corrected chi connectivity index (χ2v) is 6.79. The normalized spacial score (nSPS) is 21.8. The number of nitrogens with zero attached hydrogens (tertiary/aromatic N) is 2.